The van der Waals surface area contributed by atoms with Crippen molar-refractivity contribution in [2.75, 3.05) is 13.2 Å². The zero-order valence-electron chi connectivity index (χ0n) is 9.17. The topological polar surface area (TPSA) is 61.3 Å². The third-order valence-corrected chi connectivity index (χ3v) is 2.89. The molecule has 1 aromatic carbocycles. The summed E-state index contributed by atoms with van der Waals surface area (Å²) in [5, 5.41) is 0.921. The molecule has 5 heteroatoms. The van der Waals surface area contributed by atoms with Crippen molar-refractivity contribution in [3.63, 3.8) is 0 Å². The van der Waals surface area contributed by atoms with Gasteiger partial charge in [-0.2, -0.15) is 0 Å². The van der Waals surface area contributed by atoms with E-state index in [0.29, 0.717) is 28.9 Å². The van der Waals surface area contributed by atoms with Crippen LogP contribution in [-0.2, 0) is 0 Å². The lowest BCUT2D eigenvalue weighted by Crippen LogP contribution is -2.21. The molecule has 0 heterocycles. The van der Waals surface area contributed by atoms with Crippen molar-refractivity contribution in [1.29, 1.82) is 0 Å². The largest absolute Gasteiger partial charge is 0.493 e. The van der Waals surface area contributed by atoms with Gasteiger partial charge in [-0.1, -0.05) is 30.1 Å². The van der Waals surface area contributed by atoms with Crippen molar-refractivity contribution in [3.05, 3.63) is 27.7 Å². The fourth-order valence-corrected chi connectivity index (χ4v) is 1.62. The maximum atomic E-state index is 5.94. The molecule has 4 N–H and O–H groups in total. The summed E-state index contributed by atoms with van der Waals surface area (Å²) in [4.78, 5) is 0. The third-order valence-electron chi connectivity index (χ3n) is 2.17. The molecule has 0 saturated heterocycles. The SMILES string of the molecule is CCCOc1cc(Cl)c(Cl)cc1C(N)CN. The molecule has 0 bridgehead atoms. The van der Waals surface area contributed by atoms with E-state index in [1.54, 1.807) is 12.1 Å². The first kappa shape index (κ1) is 13.6. The highest BCUT2D eigenvalue weighted by molar-refractivity contribution is 6.42. The normalized spacial score (nSPS) is 12.6. The van der Waals surface area contributed by atoms with E-state index in [-0.39, 0.29) is 6.04 Å². The molecule has 0 aromatic heterocycles. The Morgan fingerprint density at radius 1 is 1.31 bits per heavy atom. The minimum atomic E-state index is -0.290. The molecule has 1 unspecified atom stereocenters. The predicted molar refractivity (Wildman–Crippen MR) is 68.2 cm³/mol. The van der Waals surface area contributed by atoms with Crippen molar-refractivity contribution in [2.45, 2.75) is 19.4 Å². The molecule has 0 aliphatic rings. The first-order chi connectivity index (χ1) is 7.60. The van der Waals surface area contributed by atoms with Gasteiger partial charge in [-0.15, -0.1) is 0 Å². The maximum absolute atomic E-state index is 5.94. The third kappa shape index (κ3) is 3.25. The lowest BCUT2D eigenvalue weighted by atomic mass is 10.1. The molecule has 0 radical (unpaired) electrons. The van der Waals surface area contributed by atoms with Crippen LogP contribution >= 0.6 is 23.2 Å². The maximum Gasteiger partial charge on any atom is 0.125 e. The highest BCUT2D eigenvalue weighted by Gasteiger charge is 2.14. The molecule has 16 heavy (non-hydrogen) atoms. The van der Waals surface area contributed by atoms with E-state index in [1.165, 1.54) is 0 Å². The first-order valence-corrected chi connectivity index (χ1v) is 5.93. The predicted octanol–water partition coefficient (Wildman–Crippen LogP) is 2.74. The monoisotopic (exact) mass is 262 g/mol. The van der Waals surface area contributed by atoms with E-state index < -0.39 is 0 Å². The number of nitrogens with two attached hydrogens (primary N) is 2. The smallest absolute Gasteiger partial charge is 0.125 e. The Balaban J connectivity index is 3.06. The Hall–Kier alpha value is -0.480. The van der Waals surface area contributed by atoms with Gasteiger partial charge in [0.15, 0.2) is 0 Å². The van der Waals surface area contributed by atoms with Crippen LogP contribution in [0.2, 0.25) is 10.0 Å². The zero-order chi connectivity index (χ0) is 12.1. The highest BCUT2D eigenvalue weighted by atomic mass is 35.5. The molecular formula is C11H16Cl2N2O. The van der Waals surface area contributed by atoms with Gasteiger partial charge in [0.05, 0.1) is 16.7 Å². The average Bonchev–Trinajstić information content (AvgIpc) is 2.29. The summed E-state index contributed by atoms with van der Waals surface area (Å²) < 4.78 is 5.57. The number of hydrogen-bond donors (Lipinski definition) is 2. The Labute approximate surface area is 106 Å². The quantitative estimate of drug-likeness (QED) is 0.858. The van der Waals surface area contributed by atoms with Crippen molar-refractivity contribution in [2.24, 2.45) is 11.5 Å². The molecule has 0 aliphatic carbocycles. The van der Waals surface area contributed by atoms with E-state index in [1.807, 2.05) is 6.92 Å². The summed E-state index contributed by atoms with van der Waals surface area (Å²) in [6.45, 7) is 2.97. The second-order valence-electron chi connectivity index (χ2n) is 3.49. The van der Waals surface area contributed by atoms with Crippen molar-refractivity contribution in [3.8, 4) is 5.75 Å². The van der Waals surface area contributed by atoms with Gasteiger partial charge < -0.3 is 16.2 Å². The fourth-order valence-electron chi connectivity index (χ4n) is 1.30. The number of rotatable bonds is 5. The molecule has 3 nitrogen and oxygen atoms in total. The molecule has 0 amide bonds. The Bertz CT molecular complexity index is 358. The van der Waals surface area contributed by atoms with Crippen molar-refractivity contribution >= 4 is 23.2 Å². The molecule has 1 aromatic rings. The van der Waals surface area contributed by atoms with E-state index in [9.17, 15) is 0 Å². The van der Waals surface area contributed by atoms with E-state index in [4.69, 9.17) is 39.4 Å². The molecule has 0 spiro atoms. The van der Waals surface area contributed by atoms with Crippen LogP contribution in [0.1, 0.15) is 24.9 Å². The van der Waals surface area contributed by atoms with Gasteiger partial charge in [0.25, 0.3) is 0 Å². The van der Waals surface area contributed by atoms with Crippen LogP contribution in [0.25, 0.3) is 0 Å². The molecule has 1 rings (SSSR count). The summed E-state index contributed by atoms with van der Waals surface area (Å²) in [6, 6.07) is 3.11. The second-order valence-corrected chi connectivity index (χ2v) is 4.31. The number of ether oxygens (including phenoxy) is 1. The lowest BCUT2D eigenvalue weighted by molar-refractivity contribution is 0.312. The fraction of sp³-hybridized carbons (Fsp3) is 0.455. The van der Waals surface area contributed by atoms with Crippen LogP contribution in [0.3, 0.4) is 0 Å². The minimum absolute atomic E-state index is 0.290. The number of halogens is 2. The van der Waals surface area contributed by atoms with Gasteiger partial charge in [0, 0.05) is 24.2 Å². The summed E-state index contributed by atoms with van der Waals surface area (Å²) in [5.74, 6) is 0.661. The summed E-state index contributed by atoms with van der Waals surface area (Å²) >= 11 is 11.9. The van der Waals surface area contributed by atoms with Gasteiger partial charge in [-0.25, -0.2) is 0 Å². The summed E-state index contributed by atoms with van der Waals surface area (Å²) in [5.41, 5.74) is 12.2. The van der Waals surface area contributed by atoms with Gasteiger partial charge in [0.1, 0.15) is 5.75 Å². The number of hydrogen-bond acceptors (Lipinski definition) is 3. The number of benzene rings is 1. The van der Waals surface area contributed by atoms with Gasteiger partial charge in [0.2, 0.25) is 0 Å². The Kier molecular flexibility index (Phi) is 5.35. The average molecular weight is 263 g/mol. The van der Waals surface area contributed by atoms with Gasteiger partial charge in [-0.3, -0.25) is 0 Å². The van der Waals surface area contributed by atoms with E-state index in [2.05, 4.69) is 0 Å². The van der Waals surface area contributed by atoms with Crippen molar-refractivity contribution in [1.82, 2.24) is 0 Å². The van der Waals surface area contributed by atoms with Gasteiger partial charge in [-0.05, 0) is 12.5 Å². The van der Waals surface area contributed by atoms with E-state index in [0.717, 1.165) is 12.0 Å². The Morgan fingerprint density at radius 3 is 2.50 bits per heavy atom. The van der Waals surface area contributed by atoms with Crippen LogP contribution < -0.4 is 16.2 Å². The highest BCUT2D eigenvalue weighted by Crippen LogP contribution is 2.33. The van der Waals surface area contributed by atoms with Crippen LogP contribution in [0, 0.1) is 0 Å². The molecule has 0 aliphatic heterocycles. The second kappa shape index (κ2) is 6.30. The lowest BCUT2D eigenvalue weighted by Gasteiger charge is -2.16. The zero-order valence-corrected chi connectivity index (χ0v) is 10.7. The van der Waals surface area contributed by atoms with Crippen LogP contribution in [0.4, 0.5) is 0 Å². The molecule has 0 saturated carbocycles. The summed E-state index contributed by atoms with van der Waals surface area (Å²) in [7, 11) is 0. The van der Waals surface area contributed by atoms with Gasteiger partial charge >= 0.3 is 0 Å². The summed E-state index contributed by atoms with van der Waals surface area (Å²) in [6.07, 6.45) is 0.914. The standard InChI is InChI=1S/C11H16Cl2N2O/c1-2-3-16-11-5-9(13)8(12)4-7(11)10(15)6-14/h4-5,10H,2-3,6,14-15H2,1H3. The Morgan fingerprint density at radius 2 is 1.94 bits per heavy atom. The molecule has 1 atom stereocenters. The molecule has 0 fully saturated rings. The minimum Gasteiger partial charge on any atom is -0.493 e. The van der Waals surface area contributed by atoms with Crippen molar-refractivity contribution < 1.29 is 4.74 Å². The molecular weight excluding hydrogens is 247 g/mol. The van der Waals surface area contributed by atoms with Crippen LogP contribution in [0.15, 0.2) is 12.1 Å². The van der Waals surface area contributed by atoms with E-state index >= 15 is 0 Å². The van der Waals surface area contributed by atoms with Crippen LogP contribution in [0.5, 0.6) is 5.75 Å². The first-order valence-electron chi connectivity index (χ1n) is 5.17. The van der Waals surface area contributed by atoms with Crippen LogP contribution in [-0.4, -0.2) is 13.2 Å². The molecule has 90 valence electrons.